The molecule has 0 saturated heterocycles. The molecule has 1 aromatic heterocycles. The van der Waals surface area contributed by atoms with Crippen molar-refractivity contribution in [3.63, 3.8) is 0 Å². The molecule has 0 unspecified atom stereocenters. The first-order valence-electron chi connectivity index (χ1n) is 9.25. The molecule has 0 bridgehead atoms. The van der Waals surface area contributed by atoms with Crippen LogP contribution in [0.4, 0.5) is 11.4 Å². The molecule has 1 aliphatic rings. The van der Waals surface area contributed by atoms with Gasteiger partial charge in [0.05, 0.1) is 17.6 Å². The lowest BCUT2D eigenvalue weighted by Gasteiger charge is -2.11. The van der Waals surface area contributed by atoms with Gasteiger partial charge in [-0.1, -0.05) is 41.9 Å². The molecule has 0 spiro atoms. The molecule has 3 aromatic carbocycles. The van der Waals surface area contributed by atoms with E-state index in [0.717, 1.165) is 45.2 Å². The highest BCUT2D eigenvalue weighted by molar-refractivity contribution is 6.31. The largest absolute Gasteiger partial charge is 0.399 e. The fraction of sp³-hybridized carbons (Fsp3) is 0.0435. The Balaban J connectivity index is 1.75. The van der Waals surface area contributed by atoms with Crippen molar-refractivity contribution < 1.29 is 0 Å². The Morgan fingerprint density at radius 1 is 0.828 bits per heavy atom. The van der Waals surface area contributed by atoms with E-state index in [0.29, 0.717) is 17.1 Å². The number of nitrogens with zero attached hydrogens (tertiary/aromatic N) is 3. The number of benzene rings is 3. The van der Waals surface area contributed by atoms with Crippen LogP contribution in [0.2, 0.25) is 5.02 Å². The number of hydrogen-bond donors (Lipinski definition) is 2. The Morgan fingerprint density at radius 3 is 2.17 bits per heavy atom. The molecular formula is C23H18ClN5. The fourth-order valence-corrected chi connectivity index (χ4v) is 3.74. The van der Waals surface area contributed by atoms with E-state index in [-0.39, 0.29) is 0 Å². The van der Waals surface area contributed by atoms with Crippen molar-refractivity contribution in [3.05, 3.63) is 100 Å². The predicted octanol–water partition coefficient (Wildman–Crippen LogP) is 4.57. The summed E-state index contributed by atoms with van der Waals surface area (Å²) in [4.78, 5) is 4.65. The zero-order chi connectivity index (χ0) is 20.0. The van der Waals surface area contributed by atoms with Gasteiger partial charge < -0.3 is 11.5 Å². The van der Waals surface area contributed by atoms with Crippen LogP contribution in [-0.4, -0.2) is 15.4 Å². The Kier molecular flexibility index (Phi) is 4.11. The van der Waals surface area contributed by atoms with Gasteiger partial charge in [0.1, 0.15) is 5.82 Å². The maximum atomic E-state index is 6.33. The number of fused-ring (bicyclic) bond motifs is 2. The van der Waals surface area contributed by atoms with Crippen LogP contribution in [0.1, 0.15) is 22.5 Å². The lowest BCUT2D eigenvalue weighted by atomic mass is 9.96. The topological polar surface area (TPSA) is 82.2 Å². The van der Waals surface area contributed by atoms with Gasteiger partial charge in [-0.3, -0.25) is 0 Å². The average Bonchev–Trinajstić information content (AvgIpc) is 3.03. The van der Waals surface area contributed by atoms with Crippen molar-refractivity contribution >= 4 is 28.7 Å². The predicted molar refractivity (Wildman–Crippen MR) is 118 cm³/mol. The van der Waals surface area contributed by atoms with E-state index in [1.165, 1.54) is 0 Å². The third kappa shape index (κ3) is 3.15. The number of imidazole rings is 1. The van der Waals surface area contributed by atoms with Gasteiger partial charge in [0.2, 0.25) is 0 Å². The van der Waals surface area contributed by atoms with Crippen LogP contribution < -0.4 is 11.5 Å². The molecule has 0 aliphatic carbocycles. The summed E-state index contributed by atoms with van der Waals surface area (Å²) in [6, 6.07) is 21.3. The van der Waals surface area contributed by atoms with Crippen molar-refractivity contribution in [1.82, 2.24) is 9.66 Å². The molecule has 0 saturated carbocycles. The van der Waals surface area contributed by atoms with Crippen molar-refractivity contribution in [3.8, 4) is 11.3 Å². The maximum absolute atomic E-state index is 6.33. The Hall–Kier alpha value is -3.57. The number of nitrogens with two attached hydrogens (primary N) is 2. The summed E-state index contributed by atoms with van der Waals surface area (Å²) >= 11 is 6.33. The minimum atomic E-state index is 0.656. The minimum Gasteiger partial charge on any atom is -0.399 e. The van der Waals surface area contributed by atoms with Gasteiger partial charge in [0.15, 0.2) is 0 Å². The standard InChI is InChI=1S/C23H18ClN5/c24-17-6-1-16-11-22-27-13-21(14-2-7-18(25)8-3-14)29(22)28-23(20(16)12-17)15-4-9-19(26)10-5-15/h1-10,12-13H,11,25-26H2. The quantitative estimate of drug-likeness (QED) is 0.426. The molecule has 29 heavy (non-hydrogen) atoms. The molecule has 0 radical (unpaired) electrons. The molecule has 5 nitrogen and oxygen atoms in total. The minimum absolute atomic E-state index is 0.656. The molecule has 142 valence electrons. The van der Waals surface area contributed by atoms with E-state index in [4.69, 9.17) is 28.2 Å². The fourth-order valence-electron chi connectivity index (χ4n) is 3.57. The van der Waals surface area contributed by atoms with Crippen molar-refractivity contribution in [2.75, 3.05) is 11.5 Å². The van der Waals surface area contributed by atoms with Crippen molar-refractivity contribution in [2.45, 2.75) is 6.42 Å². The number of halogens is 1. The van der Waals surface area contributed by atoms with E-state index in [2.05, 4.69) is 4.98 Å². The van der Waals surface area contributed by atoms with Gasteiger partial charge in [-0.05, 0) is 42.0 Å². The monoisotopic (exact) mass is 399 g/mol. The van der Waals surface area contributed by atoms with Crippen molar-refractivity contribution in [2.24, 2.45) is 5.10 Å². The van der Waals surface area contributed by atoms with Gasteiger partial charge in [-0.25, -0.2) is 9.66 Å². The summed E-state index contributed by atoms with van der Waals surface area (Å²) in [7, 11) is 0. The molecule has 4 aromatic rings. The highest BCUT2D eigenvalue weighted by Gasteiger charge is 2.22. The molecule has 1 aliphatic heterocycles. The lowest BCUT2D eigenvalue weighted by molar-refractivity contribution is 0.812. The second kappa shape index (κ2) is 6.79. The second-order valence-corrected chi connectivity index (χ2v) is 7.48. The molecule has 4 N–H and O–H groups in total. The Morgan fingerprint density at radius 2 is 1.48 bits per heavy atom. The maximum Gasteiger partial charge on any atom is 0.135 e. The van der Waals surface area contributed by atoms with E-state index < -0.39 is 0 Å². The molecular weight excluding hydrogens is 382 g/mol. The number of aromatic nitrogens is 2. The normalized spacial score (nSPS) is 12.7. The smallest absolute Gasteiger partial charge is 0.135 e. The Bertz CT molecular complexity index is 1240. The van der Waals surface area contributed by atoms with Crippen LogP contribution in [0, 0.1) is 0 Å². The van der Waals surface area contributed by atoms with E-state index in [1.54, 1.807) is 0 Å². The first-order chi connectivity index (χ1) is 14.1. The average molecular weight is 400 g/mol. The first-order valence-corrected chi connectivity index (χ1v) is 9.62. The second-order valence-electron chi connectivity index (χ2n) is 7.04. The summed E-state index contributed by atoms with van der Waals surface area (Å²) in [5, 5.41) is 5.69. The van der Waals surface area contributed by atoms with Gasteiger partial charge in [0.25, 0.3) is 0 Å². The van der Waals surface area contributed by atoms with E-state index in [9.17, 15) is 0 Å². The van der Waals surface area contributed by atoms with Crippen LogP contribution in [-0.2, 0) is 6.42 Å². The lowest BCUT2D eigenvalue weighted by Crippen LogP contribution is -2.07. The van der Waals surface area contributed by atoms with E-state index in [1.807, 2.05) is 77.6 Å². The third-order valence-electron chi connectivity index (χ3n) is 5.07. The number of hydrogen-bond acceptors (Lipinski definition) is 4. The van der Waals surface area contributed by atoms with E-state index >= 15 is 0 Å². The molecule has 5 rings (SSSR count). The molecule has 6 heteroatoms. The van der Waals surface area contributed by atoms with Crippen LogP contribution in [0.3, 0.4) is 0 Å². The summed E-state index contributed by atoms with van der Waals surface area (Å²) in [6.07, 6.45) is 2.51. The van der Waals surface area contributed by atoms with Gasteiger partial charge in [0, 0.05) is 39.5 Å². The highest BCUT2D eigenvalue weighted by Crippen LogP contribution is 2.29. The van der Waals surface area contributed by atoms with Crippen LogP contribution in [0.25, 0.3) is 11.3 Å². The number of rotatable bonds is 2. The summed E-state index contributed by atoms with van der Waals surface area (Å²) in [5.41, 5.74) is 19.0. The van der Waals surface area contributed by atoms with Gasteiger partial charge in [-0.15, -0.1) is 0 Å². The zero-order valence-electron chi connectivity index (χ0n) is 15.5. The SMILES string of the molecule is Nc1ccc(C2=Nn3c(-c4ccc(N)cc4)cnc3Cc3ccc(Cl)cc32)cc1. The van der Waals surface area contributed by atoms with Crippen LogP contribution >= 0.6 is 11.6 Å². The number of nitrogen functional groups attached to an aromatic ring is 2. The van der Waals surface area contributed by atoms with Gasteiger partial charge in [-0.2, -0.15) is 5.10 Å². The molecule has 2 heterocycles. The Labute approximate surface area is 173 Å². The highest BCUT2D eigenvalue weighted by atomic mass is 35.5. The van der Waals surface area contributed by atoms with Gasteiger partial charge >= 0.3 is 0 Å². The number of anilines is 2. The first kappa shape index (κ1) is 17.5. The molecule has 0 fully saturated rings. The summed E-state index contributed by atoms with van der Waals surface area (Å²) in [5.74, 6) is 0.867. The van der Waals surface area contributed by atoms with Crippen LogP contribution in [0.5, 0.6) is 0 Å². The molecule has 0 amide bonds. The summed E-state index contributed by atoms with van der Waals surface area (Å²) in [6.45, 7) is 0. The van der Waals surface area contributed by atoms with Crippen LogP contribution in [0.15, 0.2) is 78.0 Å². The molecule has 0 atom stereocenters. The summed E-state index contributed by atoms with van der Waals surface area (Å²) < 4.78 is 1.91. The van der Waals surface area contributed by atoms with Crippen molar-refractivity contribution in [1.29, 1.82) is 0 Å². The third-order valence-corrected chi connectivity index (χ3v) is 5.31. The zero-order valence-corrected chi connectivity index (χ0v) is 16.3.